The lowest BCUT2D eigenvalue weighted by Gasteiger charge is -2.06. The Morgan fingerprint density at radius 2 is 2.00 bits per heavy atom. The molecule has 1 aromatic carbocycles. The largest absolute Gasteiger partial charge is 0.398 e. The van der Waals surface area contributed by atoms with Crippen LogP contribution in [-0.2, 0) is 13.5 Å². The molecule has 0 fully saturated rings. The number of aromatic nitrogens is 4. The third-order valence-electron chi connectivity index (χ3n) is 2.24. The molecule has 0 unspecified atom stereocenters. The smallest absolute Gasteiger partial charge is 0.155 e. The molecule has 0 aliphatic rings. The Bertz CT molecular complexity index is 523. The molecule has 1 aromatic heterocycles. The summed E-state index contributed by atoms with van der Waals surface area (Å²) in [6, 6.07) is 3.36. The zero-order valence-corrected chi connectivity index (χ0v) is 10.00. The molecule has 1 heterocycles. The molecule has 0 radical (unpaired) electrons. The van der Waals surface area contributed by atoms with Gasteiger partial charge in [-0.05, 0) is 28.1 Å². The minimum absolute atomic E-state index is 0.444. The van der Waals surface area contributed by atoms with Crippen molar-refractivity contribution in [3.63, 3.8) is 0 Å². The first-order valence-corrected chi connectivity index (χ1v) is 5.28. The number of tetrazole rings is 1. The fourth-order valence-electron chi connectivity index (χ4n) is 1.32. The van der Waals surface area contributed by atoms with Gasteiger partial charge >= 0.3 is 0 Å². The molecule has 0 aliphatic heterocycles. The third kappa shape index (κ3) is 2.10. The van der Waals surface area contributed by atoms with Gasteiger partial charge in [0.25, 0.3) is 0 Å². The van der Waals surface area contributed by atoms with Crippen LogP contribution in [0.2, 0.25) is 10.0 Å². The SMILES string of the molecule is Cn1nnnc1Cc1cc(Cl)c(Cl)cc1N. The van der Waals surface area contributed by atoms with E-state index in [1.807, 2.05) is 0 Å². The second-order valence-corrected chi connectivity index (χ2v) is 4.18. The first-order chi connectivity index (χ1) is 7.58. The quantitative estimate of drug-likeness (QED) is 0.832. The number of aryl methyl sites for hydroxylation is 1. The Morgan fingerprint density at radius 3 is 2.62 bits per heavy atom. The molecule has 0 atom stereocenters. The molecule has 0 saturated carbocycles. The summed E-state index contributed by atoms with van der Waals surface area (Å²) in [7, 11) is 1.77. The third-order valence-corrected chi connectivity index (χ3v) is 2.96. The van der Waals surface area contributed by atoms with Crippen LogP contribution in [0.5, 0.6) is 0 Å². The summed E-state index contributed by atoms with van der Waals surface area (Å²) in [5.74, 6) is 0.713. The molecule has 16 heavy (non-hydrogen) atoms. The van der Waals surface area contributed by atoms with E-state index in [0.29, 0.717) is 28.0 Å². The molecule has 5 nitrogen and oxygen atoms in total. The predicted octanol–water partition coefficient (Wildman–Crippen LogP) is 1.69. The maximum Gasteiger partial charge on any atom is 0.155 e. The second kappa shape index (κ2) is 4.27. The molecule has 2 rings (SSSR count). The summed E-state index contributed by atoms with van der Waals surface area (Å²) < 4.78 is 1.59. The number of rotatable bonds is 2. The van der Waals surface area contributed by atoms with Gasteiger partial charge in [-0.15, -0.1) is 5.10 Å². The van der Waals surface area contributed by atoms with E-state index in [1.165, 1.54) is 0 Å². The van der Waals surface area contributed by atoms with Crippen LogP contribution in [0.25, 0.3) is 0 Å². The summed E-state index contributed by atoms with van der Waals surface area (Å²) in [6.07, 6.45) is 0.520. The Labute approximate surface area is 102 Å². The van der Waals surface area contributed by atoms with E-state index in [2.05, 4.69) is 15.5 Å². The monoisotopic (exact) mass is 257 g/mol. The van der Waals surface area contributed by atoms with Crippen LogP contribution in [0.15, 0.2) is 12.1 Å². The van der Waals surface area contributed by atoms with Crippen LogP contribution in [0.1, 0.15) is 11.4 Å². The van der Waals surface area contributed by atoms with Crippen molar-refractivity contribution < 1.29 is 0 Å². The minimum Gasteiger partial charge on any atom is -0.398 e. The topological polar surface area (TPSA) is 69.6 Å². The number of anilines is 1. The van der Waals surface area contributed by atoms with E-state index in [0.717, 1.165) is 5.56 Å². The van der Waals surface area contributed by atoms with Gasteiger partial charge in [-0.25, -0.2) is 4.68 Å². The fraction of sp³-hybridized carbons (Fsp3) is 0.222. The highest BCUT2D eigenvalue weighted by molar-refractivity contribution is 6.42. The number of nitrogen functional groups attached to an aromatic ring is 1. The maximum absolute atomic E-state index is 5.92. The molecular formula is C9H9Cl2N5. The standard InChI is InChI=1S/C9H9Cl2N5/c1-16-9(13-14-15-16)3-5-2-6(10)7(11)4-8(5)12/h2,4H,3,12H2,1H3. The molecule has 0 saturated heterocycles. The molecule has 0 spiro atoms. The average molecular weight is 258 g/mol. The predicted molar refractivity (Wildman–Crippen MR) is 62.5 cm³/mol. The highest BCUT2D eigenvalue weighted by Crippen LogP contribution is 2.28. The lowest BCUT2D eigenvalue weighted by atomic mass is 10.1. The Kier molecular flexibility index (Phi) is 2.98. The van der Waals surface area contributed by atoms with Crippen LogP contribution >= 0.6 is 23.2 Å². The summed E-state index contributed by atoms with van der Waals surface area (Å²) >= 11 is 11.8. The summed E-state index contributed by atoms with van der Waals surface area (Å²) in [5, 5.41) is 12.1. The van der Waals surface area contributed by atoms with Crippen LogP contribution in [0.4, 0.5) is 5.69 Å². The van der Waals surface area contributed by atoms with E-state index in [9.17, 15) is 0 Å². The lowest BCUT2D eigenvalue weighted by Crippen LogP contribution is -2.03. The molecule has 2 N–H and O–H groups in total. The fourth-order valence-corrected chi connectivity index (χ4v) is 1.68. The Morgan fingerprint density at radius 1 is 1.31 bits per heavy atom. The Balaban J connectivity index is 2.35. The molecule has 2 aromatic rings. The van der Waals surface area contributed by atoms with E-state index < -0.39 is 0 Å². The van der Waals surface area contributed by atoms with Crippen molar-refractivity contribution >= 4 is 28.9 Å². The van der Waals surface area contributed by atoms with Crippen molar-refractivity contribution in [2.24, 2.45) is 7.05 Å². The van der Waals surface area contributed by atoms with Gasteiger partial charge in [0.2, 0.25) is 0 Å². The van der Waals surface area contributed by atoms with Crippen molar-refractivity contribution in [2.45, 2.75) is 6.42 Å². The average Bonchev–Trinajstić information content (AvgIpc) is 2.61. The van der Waals surface area contributed by atoms with Crippen molar-refractivity contribution in [2.75, 3.05) is 5.73 Å². The summed E-state index contributed by atoms with van der Waals surface area (Å²) in [4.78, 5) is 0. The number of nitrogens with two attached hydrogens (primary N) is 1. The number of benzene rings is 1. The highest BCUT2D eigenvalue weighted by atomic mass is 35.5. The molecule has 0 amide bonds. The van der Waals surface area contributed by atoms with Crippen LogP contribution in [0.3, 0.4) is 0 Å². The first-order valence-electron chi connectivity index (χ1n) is 4.52. The van der Waals surface area contributed by atoms with Gasteiger partial charge in [-0.2, -0.15) is 0 Å². The van der Waals surface area contributed by atoms with Gasteiger partial charge in [-0.3, -0.25) is 0 Å². The normalized spacial score (nSPS) is 10.7. The van der Waals surface area contributed by atoms with Crippen molar-refractivity contribution in [1.29, 1.82) is 0 Å². The molecule has 0 bridgehead atoms. The van der Waals surface area contributed by atoms with Crippen molar-refractivity contribution in [3.05, 3.63) is 33.6 Å². The minimum atomic E-state index is 0.444. The highest BCUT2D eigenvalue weighted by Gasteiger charge is 2.09. The van der Waals surface area contributed by atoms with Gasteiger partial charge in [0.05, 0.1) is 10.0 Å². The van der Waals surface area contributed by atoms with Crippen molar-refractivity contribution in [1.82, 2.24) is 20.2 Å². The first kappa shape index (κ1) is 11.2. The van der Waals surface area contributed by atoms with Gasteiger partial charge in [0.1, 0.15) is 0 Å². The molecular weight excluding hydrogens is 249 g/mol. The molecule has 0 aliphatic carbocycles. The summed E-state index contributed by atoms with van der Waals surface area (Å²) in [5.41, 5.74) is 7.27. The van der Waals surface area contributed by atoms with E-state index in [-0.39, 0.29) is 0 Å². The van der Waals surface area contributed by atoms with E-state index >= 15 is 0 Å². The maximum atomic E-state index is 5.92. The zero-order chi connectivity index (χ0) is 11.7. The van der Waals surface area contributed by atoms with E-state index in [4.69, 9.17) is 28.9 Å². The second-order valence-electron chi connectivity index (χ2n) is 3.36. The molecule has 84 valence electrons. The zero-order valence-electron chi connectivity index (χ0n) is 8.48. The number of hydrogen-bond donors (Lipinski definition) is 1. The van der Waals surface area contributed by atoms with Gasteiger partial charge < -0.3 is 5.73 Å². The van der Waals surface area contributed by atoms with Crippen molar-refractivity contribution in [3.8, 4) is 0 Å². The van der Waals surface area contributed by atoms with Crippen LogP contribution in [0, 0.1) is 0 Å². The van der Waals surface area contributed by atoms with Gasteiger partial charge in [0.15, 0.2) is 5.82 Å². The van der Waals surface area contributed by atoms with E-state index in [1.54, 1.807) is 23.9 Å². The van der Waals surface area contributed by atoms with Gasteiger partial charge in [0, 0.05) is 19.2 Å². The number of hydrogen-bond acceptors (Lipinski definition) is 4. The Hall–Kier alpha value is -1.33. The number of nitrogens with zero attached hydrogens (tertiary/aromatic N) is 4. The number of halogens is 2. The lowest BCUT2D eigenvalue weighted by molar-refractivity contribution is 0.686. The van der Waals surface area contributed by atoms with Crippen LogP contribution in [-0.4, -0.2) is 20.2 Å². The van der Waals surface area contributed by atoms with Gasteiger partial charge in [-0.1, -0.05) is 23.2 Å². The van der Waals surface area contributed by atoms with Crippen LogP contribution < -0.4 is 5.73 Å². The molecule has 7 heteroatoms. The summed E-state index contributed by atoms with van der Waals surface area (Å²) in [6.45, 7) is 0.